The fourth-order valence-electron chi connectivity index (χ4n) is 2.15. The lowest BCUT2D eigenvalue weighted by molar-refractivity contribution is 0.174. The summed E-state index contributed by atoms with van der Waals surface area (Å²) in [7, 11) is 0. The molecular weight excluding hydrogens is 262 g/mol. The van der Waals surface area contributed by atoms with Gasteiger partial charge < -0.3 is 15.2 Å². The second-order valence-electron chi connectivity index (χ2n) is 4.55. The van der Waals surface area contributed by atoms with E-state index in [9.17, 15) is 0 Å². The van der Waals surface area contributed by atoms with Crippen molar-refractivity contribution in [1.82, 2.24) is 0 Å². The number of hydrogen-bond acceptors (Lipinski definition) is 3. The molecule has 2 aromatic carbocycles. The Morgan fingerprint density at radius 2 is 1.79 bits per heavy atom. The maximum Gasteiger partial charge on any atom is 0.231 e. The average molecular weight is 276 g/mol. The molecule has 0 saturated carbocycles. The topological polar surface area (TPSA) is 44.5 Å². The van der Waals surface area contributed by atoms with Crippen molar-refractivity contribution in [3.63, 3.8) is 0 Å². The van der Waals surface area contributed by atoms with Crippen LogP contribution in [0.1, 0.15) is 17.2 Å². The minimum atomic E-state index is -0.0577. The van der Waals surface area contributed by atoms with Gasteiger partial charge in [0, 0.05) is 11.1 Å². The Morgan fingerprint density at radius 3 is 2.58 bits per heavy atom. The highest BCUT2D eigenvalue weighted by molar-refractivity contribution is 6.30. The molecule has 0 amide bonds. The third kappa shape index (κ3) is 2.67. The molecule has 1 atom stereocenters. The molecule has 19 heavy (non-hydrogen) atoms. The minimum Gasteiger partial charge on any atom is -0.454 e. The van der Waals surface area contributed by atoms with E-state index in [1.54, 1.807) is 0 Å². The molecule has 0 fully saturated rings. The molecule has 0 spiro atoms. The third-order valence-electron chi connectivity index (χ3n) is 3.19. The van der Waals surface area contributed by atoms with Crippen LogP contribution in [0.3, 0.4) is 0 Å². The van der Waals surface area contributed by atoms with Gasteiger partial charge in [-0.15, -0.1) is 0 Å². The predicted octanol–water partition coefficient (Wildman–Crippen LogP) is 3.31. The van der Waals surface area contributed by atoms with Crippen LogP contribution in [0.15, 0.2) is 42.5 Å². The molecule has 1 heterocycles. The predicted molar refractivity (Wildman–Crippen MR) is 74.6 cm³/mol. The quantitative estimate of drug-likeness (QED) is 0.935. The zero-order valence-corrected chi connectivity index (χ0v) is 11.1. The van der Waals surface area contributed by atoms with Gasteiger partial charge >= 0.3 is 0 Å². The lowest BCUT2D eigenvalue weighted by Crippen LogP contribution is -2.13. The van der Waals surface area contributed by atoms with Crippen LogP contribution in [0.2, 0.25) is 5.02 Å². The molecule has 2 aromatic rings. The summed E-state index contributed by atoms with van der Waals surface area (Å²) >= 11 is 5.87. The first-order valence-electron chi connectivity index (χ1n) is 6.12. The van der Waals surface area contributed by atoms with E-state index in [0.29, 0.717) is 6.79 Å². The van der Waals surface area contributed by atoms with E-state index >= 15 is 0 Å². The first-order chi connectivity index (χ1) is 9.22. The second-order valence-corrected chi connectivity index (χ2v) is 4.99. The van der Waals surface area contributed by atoms with Crippen LogP contribution in [-0.2, 0) is 6.42 Å². The molecule has 1 aliphatic rings. The highest BCUT2D eigenvalue weighted by Crippen LogP contribution is 2.33. The monoisotopic (exact) mass is 275 g/mol. The minimum absolute atomic E-state index is 0.0577. The molecule has 98 valence electrons. The van der Waals surface area contributed by atoms with Crippen LogP contribution in [-0.4, -0.2) is 6.79 Å². The van der Waals surface area contributed by atoms with Crippen LogP contribution in [0.5, 0.6) is 11.5 Å². The highest BCUT2D eigenvalue weighted by Gasteiger charge is 2.14. The van der Waals surface area contributed by atoms with Crippen molar-refractivity contribution in [3.8, 4) is 11.5 Å². The number of rotatable bonds is 3. The molecule has 0 saturated heterocycles. The Balaban J connectivity index is 1.75. The molecule has 1 aliphatic heterocycles. The summed E-state index contributed by atoms with van der Waals surface area (Å²) in [6.45, 7) is 0.294. The van der Waals surface area contributed by atoms with E-state index in [0.717, 1.165) is 34.1 Å². The van der Waals surface area contributed by atoms with Crippen LogP contribution in [0, 0.1) is 0 Å². The number of benzene rings is 2. The average Bonchev–Trinajstić information content (AvgIpc) is 2.87. The standard InChI is InChI=1S/C15H14ClNO2/c16-12-4-2-11(3-5-12)13(17)7-10-1-6-14-15(8-10)19-9-18-14/h1-6,8,13H,7,9,17H2. The molecule has 3 nitrogen and oxygen atoms in total. The third-order valence-corrected chi connectivity index (χ3v) is 3.44. The summed E-state index contributed by atoms with van der Waals surface area (Å²) in [5, 5.41) is 0.721. The van der Waals surface area contributed by atoms with Crippen LogP contribution in [0.25, 0.3) is 0 Å². The van der Waals surface area contributed by atoms with Crippen LogP contribution >= 0.6 is 11.6 Å². The van der Waals surface area contributed by atoms with E-state index in [-0.39, 0.29) is 6.04 Å². The molecule has 3 rings (SSSR count). The summed E-state index contributed by atoms with van der Waals surface area (Å²) in [6.07, 6.45) is 0.748. The van der Waals surface area contributed by atoms with E-state index < -0.39 is 0 Å². The van der Waals surface area contributed by atoms with E-state index in [1.807, 2.05) is 42.5 Å². The SMILES string of the molecule is NC(Cc1ccc2c(c1)OCO2)c1ccc(Cl)cc1. The fourth-order valence-corrected chi connectivity index (χ4v) is 2.28. The summed E-state index contributed by atoms with van der Waals surface area (Å²) < 4.78 is 10.6. The largest absolute Gasteiger partial charge is 0.454 e. The van der Waals surface area contributed by atoms with Gasteiger partial charge in [-0.25, -0.2) is 0 Å². The van der Waals surface area contributed by atoms with Gasteiger partial charge in [0.25, 0.3) is 0 Å². The second kappa shape index (κ2) is 5.11. The smallest absolute Gasteiger partial charge is 0.231 e. The maximum absolute atomic E-state index is 6.21. The lowest BCUT2D eigenvalue weighted by atomic mass is 9.99. The number of ether oxygens (including phenoxy) is 2. The van der Waals surface area contributed by atoms with Crippen molar-refractivity contribution in [2.45, 2.75) is 12.5 Å². The molecule has 4 heteroatoms. The van der Waals surface area contributed by atoms with Gasteiger partial charge in [-0.2, -0.15) is 0 Å². The van der Waals surface area contributed by atoms with Gasteiger partial charge in [0.05, 0.1) is 0 Å². The van der Waals surface area contributed by atoms with E-state index in [1.165, 1.54) is 0 Å². The molecular formula is C15H14ClNO2. The van der Waals surface area contributed by atoms with Crippen molar-refractivity contribution in [1.29, 1.82) is 0 Å². The Bertz CT molecular complexity index is 583. The Hall–Kier alpha value is -1.71. The Labute approximate surface area is 116 Å². The zero-order chi connectivity index (χ0) is 13.2. The van der Waals surface area contributed by atoms with Gasteiger partial charge in [-0.1, -0.05) is 29.8 Å². The maximum atomic E-state index is 6.21. The van der Waals surface area contributed by atoms with Crippen molar-refractivity contribution < 1.29 is 9.47 Å². The number of hydrogen-bond donors (Lipinski definition) is 1. The van der Waals surface area contributed by atoms with Crippen LogP contribution in [0.4, 0.5) is 0 Å². The molecule has 1 unspecified atom stereocenters. The molecule has 0 bridgehead atoms. The van der Waals surface area contributed by atoms with Crippen molar-refractivity contribution in [3.05, 3.63) is 58.6 Å². The zero-order valence-electron chi connectivity index (χ0n) is 10.3. The van der Waals surface area contributed by atoms with E-state index in [2.05, 4.69) is 0 Å². The molecule has 0 aromatic heterocycles. The first kappa shape index (κ1) is 12.3. The lowest BCUT2D eigenvalue weighted by Gasteiger charge is -2.12. The van der Waals surface area contributed by atoms with Crippen LogP contribution < -0.4 is 15.2 Å². The number of nitrogens with two attached hydrogens (primary N) is 1. The van der Waals surface area contributed by atoms with E-state index in [4.69, 9.17) is 26.8 Å². The summed E-state index contributed by atoms with van der Waals surface area (Å²) in [5.74, 6) is 1.59. The van der Waals surface area contributed by atoms with Gasteiger partial charge in [0.2, 0.25) is 6.79 Å². The van der Waals surface area contributed by atoms with Crippen molar-refractivity contribution >= 4 is 11.6 Å². The summed E-state index contributed by atoms with van der Waals surface area (Å²) in [6, 6.07) is 13.5. The van der Waals surface area contributed by atoms with Gasteiger partial charge in [0.1, 0.15) is 0 Å². The number of fused-ring (bicyclic) bond motifs is 1. The normalized spacial score (nSPS) is 14.4. The van der Waals surface area contributed by atoms with Gasteiger partial charge in [-0.05, 0) is 41.8 Å². The van der Waals surface area contributed by atoms with Crippen molar-refractivity contribution in [2.24, 2.45) is 5.73 Å². The number of halogens is 1. The summed E-state index contributed by atoms with van der Waals surface area (Å²) in [4.78, 5) is 0. The van der Waals surface area contributed by atoms with Crippen molar-refractivity contribution in [2.75, 3.05) is 6.79 Å². The first-order valence-corrected chi connectivity index (χ1v) is 6.50. The van der Waals surface area contributed by atoms with Gasteiger partial charge in [-0.3, -0.25) is 0 Å². The Kier molecular flexibility index (Phi) is 3.32. The van der Waals surface area contributed by atoms with Gasteiger partial charge in [0.15, 0.2) is 11.5 Å². The highest BCUT2D eigenvalue weighted by atomic mass is 35.5. The molecule has 2 N–H and O–H groups in total. The Morgan fingerprint density at radius 1 is 1.05 bits per heavy atom. The fraction of sp³-hybridized carbons (Fsp3) is 0.200. The summed E-state index contributed by atoms with van der Waals surface area (Å²) in [5.41, 5.74) is 8.41. The molecule has 0 aliphatic carbocycles. The molecule has 0 radical (unpaired) electrons.